The zero-order valence-corrected chi connectivity index (χ0v) is 23.9. The minimum atomic E-state index is -6.20. The number of benzene rings is 3. The van der Waals surface area contributed by atoms with Crippen LogP contribution in [0.1, 0.15) is 11.1 Å². The molecule has 2 aromatic heterocycles. The van der Waals surface area contributed by atoms with Crippen LogP contribution in [0, 0.1) is 0 Å². The molecule has 3 heterocycles. The Hall–Kier alpha value is -5.02. The van der Waals surface area contributed by atoms with Gasteiger partial charge >= 0.3 is 15.6 Å². The van der Waals surface area contributed by atoms with Crippen molar-refractivity contribution in [3.05, 3.63) is 102 Å². The Labute approximate surface area is 247 Å². The van der Waals surface area contributed by atoms with E-state index >= 15 is 0 Å². The number of likely N-dealkylation sites (N-methyl/N-ethyl adjacent to an activating group) is 1. The first kappa shape index (κ1) is 29.1. The second-order valence-corrected chi connectivity index (χ2v) is 13.0. The summed E-state index contributed by atoms with van der Waals surface area (Å²) in [4.78, 5) is 32.0. The molecule has 0 saturated heterocycles. The summed E-state index contributed by atoms with van der Waals surface area (Å²) in [5, 5.41) is 0.796. The van der Waals surface area contributed by atoms with Crippen LogP contribution in [-0.2, 0) is 29.7 Å². The fraction of sp³-hybridized carbons (Fsp3) is 0.0690. The van der Waals surface area contributed by atoms with Crippen LogP contribution in [0.15, 0.2) is 96.2 Å². The number of carbonyl (C=O) groups is 2. The van der Waals surface area contributed by atoms with Gasteiger partial charge in [0.2, 0.25) is 0 Å². The summed E-state index contributed by atoms with van der Waals surface area (Å²) in [6.07, 6.45) is 2.41. The van der Waals surface area contributed by atoms with Crippen molar-refractivity contribution in [2.45, 2.75) is 10.4 Å². The Balaban J connectivity index is 1.68. The molecule has 1 aliphatic heterocycles. The maximum absolute atomic E-state index is 13.6. The molecule has 0 aliphatic carbocycles. The first-order valence-corrected chi connectivity index (χ1v) is 15.4. The first-order valence-electron chi connectivity index (χ1n) is 12.6. The van der Waals surface area contributed by atoms with Crippen LogP contribution >= 0.6 is 0 Å². The summed E-state index contributed by atoms with van der Waals surface area (Å²) in [5.74, 6) is -2.75. The van der Waals surface area contributed by atoms with Gasteiger partial charge in [-0.3, -0.25) is 14.5 Å². The highest BCUT2D eigenvalue weighted by Crippen LogP contribution is 2.44. The molecule has 3 aromatic carbocycles. The molecule has 5 aromatic rings. The highest BCUT2D eigenvalue weighted by molar-refractivity contribution is 7.90. The van der Waals surface area contributed by atoms with Crippen molar-refractivity contribution in [3.63, 3.8) is 0 Å². The van der Waals surface area contributed by atoms with Crippen molar-refractivity contribution in [1.29, 1.82) is 0 Å². The van der Waals surface area contributed by atoms with Crippen molar-refractivity contribution >= 4 is 64.9 Å². The molecule has 0 spiro atoms. The van der Waals surface area contributed by atoms with Crippen LogP contribution < -0.4 is 4.18 Å². The predicted molar refractivity (Wildman–Crippen MR) is 153 cm³/mol. The number of alkyl halides is 3. The van der Waals surface area contributed by atoms with E-state index in [9.17, 15) is 39.6 Å². The fourth-order valence-corrected chi connectivity index (χ4v) is 6.72. The lowest BCUT2D eigenvalue weighted by atomic mass is 9.94. The van der Waals surface area contributed by atoms with Gasteiger partial charge in [-0.05, 0) is 47.2 Å². The standard InChI is InChI=1S/C29H18F3N3O7S2/c1-34-27(36)24(21-14-17-8-5-6-9-18(17)15-23(21)42-44(40,41)29(30,31)32)25(28(34)37)22-16-35(26-20(22)12-7-13-33-26)43(38,39)19-10-3-2-4-11-19/h2-16H,1H3. The highest BCUT2D eigenvalue weighted by Gasteiger charge is 2.49. The Bertz CT molecular complexity index is 2280. The average molecular weight is 642 g/mol. The summed E-state index contributed by atoms with van der Waals surface area (Å²) in [7, 11) is -9.36. The van der Waals surface area contributed by atoms with Gasteiger partial charge in [-0.2, -0.15) is 21.6 Å². The predicted octanol–water partition coefficient (Wildman–Crippen LogP) is 4.56. The molecular formula is C29H18F3N3O7S2. The van der Waals surface area contributed by atoms with Crippen LogP contribution in [0.25, 0.3) is 33.0 Å². The summed E-state index contributed by atoms with van der Waals surface area (Å²) >= 11 is 0. The number of amides is 2. The monoisotopic (exact) mass is 641 g/mol. The molecule has 0 N–H and O–H groups in total. The van der Waals surface area contributed by atoms with Gasteiger partial charge in [-0.25, -0.2) is 17.4 Å². The third-order valence-electron chi connectivity index (χ3n) is 6.99. The smallest absolute Gasteiger partial charge is 0.375 e. The molecule has 0 atom stereocenters. The Morgan fingerprint density at radius 1 is 0.773 bits per heavy atom. The van der Waals surface area contributed by atoms with E-state index in [1.165, 1.54) is 54.7 Å². The van der Waals surface area contributed by atoms with Crippen LogP contribution in [0.2, 0.25) is 0 Å². The van der Waals surface area contributed by atoms with E-state index in [0.29, 0.717) is 10.3 Å². The van der Waals surface area contributed by atoms with Crippen LogP contribution in [0.5, 0.6) is 5.75 Å². The number of rotatable bonds is 6. The van der Waals surface area contributed by atoms with E-state index < -0.39 is 54.4 Å². The Kier molecular flexibility index (Phi) is 6.62. The zero-order chi connectivity index (χ0) is 31.6. The molecule has 0 bridgehead atoms. The number of carbonyl (C=O) groups excluding carboxylic acids is 2. The molecule has 224 valence electrons. The molecule has 15 heteroatoms. The Morgan fingerprint density at radius 2 is 1.36 bits per heavy atom. The van der Waals surface area contributed by atoms with Crippen molar-refractivity contribution in [2.75, 3.05) is 7.05 Å². The quantitative estimate of drug-likeness (QED) is 0.150. The van der Waals surface area contributed by atoms with Crippen LogP contribution in [-0.4, -0.2) is 55.1 Å². The number of fused-ring (bicyclic) bond motifs is 2. The van der Waals surface area contributed by atoms with E-state index in [0.717, 1.165) is 23.3 Å². The van der Waals surface area contributed by atoms with Crippen molar-refractivity contribution in [1.82, 2.24) is 13.9 Å². The van der Waals surface area contributed by atoms with Gasteiger partial charge in [0.05, 0.1) is 16.0 Å². The summed E-state index contributed by atoms with van der Waals surface area (Å²) < 4.78 is 97.0. The average Bonchev–Trinajstić information content (AvgIpc) is 3.47. The molecule has 2 amide bonds. The number of imide groups is 1. The summed E-state index contributed by atoms with van der Waals surface area (Å²) in [6, 6.07) is 18.7. The topological polar surface area (TPSA) is 133 Å². The summed E-state index contributed by atoms with van der Waals surface area (Å²) in [6.45, 7) is 0. The molecule has 44 heavy (non-hydrogen) atoms. The number of hydrogen-bond donors (Lipinski definition) is 0. The lowest BCUT2D eigenvalue weighted by Crippen LogP contribution is -2.29. The van der Waals surface area contributed by atoms with Crippen molar-refractivity contribution in [2.24, 2.45) is 0 Å². The highest BCUT2D eigenvalue weighted by atomic mass is 32.2. The van der Waals surface area contributed by atoms with Gasteiger partial charge in [-0.1, -0.05) is 42.5 Å². The second-order valence-electron chi connectivity index (χ2n) is 9.63. The molecule has 10 nitrogen and oxygen atoms in total. The van der Waals surface area contributed by atoms with Crippen molar-refractivity contribution < 1.29 is 43.8 Å². The first-order chi connectivity index (χ1) is 20.7. The molecular weight excluding hydrogens is 623 g/mol. The Morgan fingerprint density at radius 3 is 2.00 bits per heavy atom. The van der Waals surface area contributed by atoms with E-state index in [2.05, 4.69) is 9.17 Å². The maximum atomic E-state index is 13.6. The minimum absolute atomic E-state index is 0.0805. The van der Waals surface area contributed by atoms with Gasteiger partial charge in [-0.15, -0.1) is 0 Å². The SMILES string of the molecule is CN1C(=O)C(c2cc3ccccc3cc2OS(=O)(=O)C(F)(F)F)=C(c2cn(S(=O)(=O)c3ccccc3)c3ncccc23)C1=O. The molecule has 6 rings (SSSR count). The van der Waals surface area contributed by atoms with Gasteiger partial charge in [0.1, 0.15) is 0 Å². The van der Waals surface area contributed by atoms with Gasteiger partial charge < -0.3 is 4.18 Å². The number of hydrogen-bond acceptors (Lipinski definition) is 8. The largest absolute Gasteiger partial charge is 0.534 e. The van der Waals surface area contributed by atoms with E-state index in [4.69, 9.17) is 0 Å². The van der Waals surface area contributed by atoms with Crippen molar-refractivity contribution in [3.8, 4) is 5.75 Å². The number of aromatic nitrogens is 2. The van der Waals surface area contributed by atoms with Gasteiger partial charge in [0, 0.05) is 36.0 Å². The lowest BCUT2D eigenvalue weighted by molar-refractivity contribution is -0.134. The number of halogens is 3. The zero-order valence-electron chi connectivity index (χ0n) is 22.3. The van der Waals surface area contributed by atoms with Gasteiger partial charge in [0.25, 0.3) is 21.8 Å². The maximum Gasteiger partial charge on any atom is 0.534 e. The van der Waals surface area contributed by atoms with Gasteiger partial charge in [0.15, 0.2) is 11.4 Å². The fourth-order valence-electron chi connectivity index (χ4n) is 4.91. The molecule has 0 fully saturated rings. The molecule has 0 saturated carbocycles. The minimum Gasteiger partial charge on any atom is -0.375 e. The third kappa shape index (κ3) is 4.51. The van der Waals surface area contributed by atoms with E-state index in [-0.39, 0.29) is 32.5 Å². The molecule has 0 unspecified atom stereocenters. The van der Waals surface area contributed by atoms with Crippen LogP contribution in [0.4, 0.5) is 13.2 Å². The lowest BCUT2D eigenvalue weighted by Gasteiger charge is -2.15. The summed E-state index contributed by atoms with van der Waals surface area (Å²) in [5.41, 5.74) is -7.28. The number of pyridine rings is 1. The van der Waals surface area contributed by atoms with E-state index in [1.54, 1.807) is 24.3 Å². The van der Waals surface area contributed by atoms with E-state index in [1.807, 2.05) is 0 Å². The normalized spacial score (nSPS) is 14.7. The second kappa shape index (κ2) is 10.0. The molecule has 0 radical (unpaired) electrons. The number of nitrogens with zero attached hydrogens (tertiary/aromatic N) is 3. The third-order valence-corrected chi connectivity index (χ3v) is 9.62. The molecule has 1 aliphatic rings. The van der Waals surface area contributed by atoms with Crippen LogP contribution in [0.3, 0.4) is 0 Å².